The summed E-state index contributed by atoms with van der Waals surface area (Å²) in [7, 11) is 1.86. The molecule has 0 saturated heterocycles. The molecular weight excluding hydrogens is 351 g/mol. The summed E-state index contributed by atoms with van der Waals surface area (Å²) in [4.78, 5) is 4.25. The van der Waals surface area contributed by atoms with E-state index in [1.54, 1.807) is 24.4 Å². The Balaban J connectivity index is 2.34. The standard InChI is InChI=1S/C13H11BrCl2N2O/c1-17-6-8-4-9(14)7-18-13(8)19-12-5-10(15)2-3-11(12)16/h2-5,7,17H,6H2,1H3. The van der Waals surface area contributed by atoms with Gasteiger partial charge in [0.1, 0.15) is 5.75 Å². The van der Waals surface area contributed by atoms with Gasteiger partial charge < -0.3 is 10.1 Å². The minimum absolute atomic E-state index is 0.487. The first-order valence-electron chi connectivity index (χ1n) is 5.52. The molecule has 19 heavy (non-hydrogen) atoms. The lowest BCUT2D eigenvalue weighted by molar-refractivity contribution is 0.454. The quantitative estimate of drug-likeness (QED) is 0.859. The lowest BCUT2D eigenvalue weighted by atomic mass is 10.2. The number of nitrogens with one attached hydrogen (secondary N) is 1. The maximum absolute atomic E-state index is 6.07. The number of benzene rings is 1. The molecule has 1 N–H and O–H groups in total. The molecule has 0 atom stereocenters. The number of rotatable bonds is 4. The fourth-order valence-corrected chi connectivity index (χ4v) is 2.23. The Bertz CT molecular complexity index is 593. The second-order valence-electron chi connectivity index (χ2n) is 3.82. The molecule has 1 aromatic carbocycles. The summed E-state index contributed by atoms with van der Waals surface area (Å²) < 4.78 is 6.63. The molecule has 0 spiro atoms. The smallest absolute Gasteiger partial charge is 0.223 e. The highest BCUT2D eigenvalue weighted by atomic mass is 79.9. The van der Waals surface area contributed by atoms with Gasteiger partial charge in [-0.3, -0.25) is 0 Å². The van der Waals surface area contributed by atoms with Crippen molar-refractivity contribution in [1.29, 1.82) is 0 Å². The summed E-state index contributed by atoms with van der Waals surface area (Å²) >= 11 is 15.4. The number of hydrogen-bond donors (Lipinski definition) is 1. The summed E-state index contributed by atoms with van der Waals surface area (Å²) in [5.41, 5.74) is 0.924. The van der Waals surface area contributed by atoms with E-state index in [0.29, 0.717) is 28.2 Å². The van der Waals surface area contributed by atoms with Crippen LogP contribution < -0.4 is 10.1 Å². The monoisotopic (exact) mass is 360 g/mol. The zero-order valence-corrected chi connectivity index (χ0v) is 13.2. The highest BCUT2D eigenvalue weighted by Gasteiger charge is 2.10. The summed E-state index contributed by atoms with van der Waals surface area (Å²) in [6.07, 6.45) is 1.67. The van der Waals surface area contributed by atoms with Gasteiger partial charge in [-0.2, -0.15) is 0 Å². The summed E-state index contributed by atoms with van der Waals surface area (Å²) in [5, 5.41) is 4.12. The van der Waals surface area contributed by atoms with Gasteiger partial charge in [0.15, 0.2) is 0 Å². The van der Waals surface area contributed by atoms with Crippen LogP contribution in [-0.2, 0) is 6.54 Å². The molecule has 0 saturated carbocycles. The van der Waals surface area contributed by atoms with Gasteiger partial charge in [-0.1, -0.05) is 23.2 Å². The average molecular weight is 362 g/mol. The van der Waals surface area contributed by atoms with Gasteiger partial charge in [0.2, 0.25) is 5.88 Å². The second kappa shape index (κ2) is 6.57. The predicted octanol–water partition coefficient (Wildman–Crippen LogP) is 4.66. The second-order valence-corrected chi connectivity index (χ2v) is 5.58. The van der Waals surface area contributed by atoms with E-state index in [-0.39, 0.29) is 0 Å². The van der Waals surface area contributed by atoms with Gasteiger partial charge in [-0.15, -0.1) is 0 Å². The first-order chi connectivity index (χ1) is 9.10. The Kier molecular flexibility index (Phi) is 5.05. The Morgan fingerprint density at radius 2 is 2.11 bits per heavy atom. The Labute approximate surface area is 130 Å². The summed E-state index contributed by atoms with van der Waals surface area (Å²) in [5.74, 6) is 0.989. The van der Waals surface area contributed by atoms with Crippen molar-refractivity contribution in [2.75, 3.05) is 7.05 Å². The summed E-state index contributed by atoms with van der Waals surface area (Å²) in [6, 6.07) is 7.00. The number of hydrogen-bond acceptors (Lipinski definition) is 3. The van der Waals surface area contributed by atoms with Gasteiger partial charge in [-0.25, -0.2) is 4.98 Å². The van der Waals surface area contributed by atoms with Crippen LogP contribution in [0.25, 0.3) is 0 Å². The van der Waals surface area contributed by atoms with Crippen molar-refractivity contribution in [3.05, 3.63) is 50.5 Å². The van der Waals surface area contributed by atoms with Crippen LogP contribution in [0.4, 0.5) is 0 Å². The number of ether oxygens (including phenoxy) is 1. The van der Waals surface area contributed by atoms with E-state index in [1.807, 2.05) is 13.1 Å². The molecule has 0 bridgehead atoms. The summed E-state index contributed by atoms with van der Waals surface area (Å²) in [6.45, 7) is 0.639. The van der Waals surface area contributed by atoms with Gasteiger partial charge in [0.25, 0.3) is 0 Å². The van der Waals surface area contributed by atoms with E-state index in [4.69, 9.17) is 27.9 Å². The molecule has 2 rings (SSSR count). The molecule has 0 aliphatic heterocycles. The molecule has 0 fully saturated rings. The molecule has 6 heteroatoms. The maximum atomic E-state index is 6.07. The number of aromatic nitrogens is 1. The van der Waals surface area contributed by atoms with Gasteiger partial charge >= 0.3 is 0 Å². The molecule has 0 unspecified atom stereocenters. The molecule has 0 amide bonds. The molecular formula is C13H11BrCl2N2O. The van der Waals surface area contributed by atoms with Gasteiger partial charge in [0, 0.05) is 33.9 Å². The third-order valence-corrected chi connectivity index (χ3v) is 3.34. The van der Waals surface area contributed by atoms with Crippen LogP contribution >= 0.6 is 39.1 Å². The third-order valence-electron chi connectivity index (χ3n) is 2.36. The Hall–Kier alpha value is -0.810. The molecule has 100 valence electrons. The van der Waals surface area contributed by atoms with Gasteiger partial charge in [-0.05, 0) is 41.2 Å². The van der Waals surface area contributed by atoms with Crippen LogP contribution in [0.1, 0.15) is 5.56 Å². The van der Waals surface area contributed by atoms with Crippen LogP contribution in [0, 0.1) is 0 Å². The molecule has 0 radical (unpaired) electrons. The predicted molar refractivity (Wildman–Crippen MR) is 81.2 cm³/mol. The largest absolute Gasteiger partial charge is 0.437 e. The van der Waals surface area contributed by atoms with Crippen LogP contribution in [0.2, 0.25) is 10.0 Å². The fourth-order valence-electron chi connectivity index (χ4n) is 1.54. The van der Waals surface area contributed by atoms with Crippen LogP contribution in [-0.4, -0.2) is 12.0 Å². The van der Waals surface area contributed by atoms with E-state index >= 15 is 0 Å². The molecule has 1 aromatic heterocycles. The minimum atomic E-state index is 0.487. The Morgan fingerprint density at radius 1 is 1.32 bits per heavy atom. The van der Waals surface area contributed by atoms with Gasteiger partial charge in [0.05, 0.1) is 5.02 Å². The van der Waals surface area contributed by atoms with E-state index < -0.39 is 0 Å². The lowest BCUT2D eigenvalue weighted by Crippen LogP contribution is -2.07. The third kappa shape index (κ3) is 3.83. The minimum Gasteiger partial charge on any atom is -0.437 e. The number of nitrogens with zero attached hydrogens (tertiary/aromatic N) is 1. The Morgan fingerprint density at radius 3 is 2.84 bits per heavy atom. The molecule has 0 aliphatic carbocycles. The van der Waals surface area contributed by atoms with Crippen LogP contribution in [0.5, 0.6) is 11.6 Å². The van der Waals surface area contributed by atoms with Crippen LogP contribution in [0.3, 0.4) is 0 Å². The lowest BCUT2D eigenvalue weighted by Gasteiger charge is -2.11. The number of pyridine rings is 1. The zero-order chi connectivity index (χ0) is 13.8. The SMILES string of the molecule is CNCc1cc(Br)cnc1Oc1cc(Cl)ccc1Cl. The topological polar surface area (TPSA) is 34.2 Å². The highest BCUT2D eigenvalue weighted by molar-refractivity contribution is 9.10. The van der Waals surface area contributed by atoms with Crippen molar-refractivity contribution in [3.8, 4) is 11.6 Å². The van der Waals surface area contributed by atoms with Crippen LogP contribution in [0.15, 0.2) is 34.9 Å². The fraction of sp³-hybridized carbons (Fsp3) is 0.154. The van der Waals surface area contributed by atoms with E-state index in [1.165, 1.54) is 0 Å². The zero-order valence-electron chi connectivity index (χ0n) is 10.1. The molecule has 1 heterocycles. The normalized spacial score (nSPS) is 10.5. The van der Waals surface area contributed by atoms with Crippen molar-refractivity contribution < 1.29 is 4.74 Å². The molecule has 2 aromatic rings. The first kappa shape index (κ1) is 14.6. The average Bonchev–Trinajstić information content (AvgIpc) is 2.37. The first-order valence-corrected chi connectivity index (χ1v) is 7.07. The van der Waals surface area contributed by atoms with Crippen molar-refractivity contribution in [2.45, 2.75) is 6.54 Å². The van der Waals surface area contributed by atoms with E-state index in [0.717, 1.165) is 10.0 Å². The van der Waals surface area contributed by atoms with Crippen molar-refractivity contribution in [2.24, 2.45) is 0 Å². The molecule has 0 aliphatic rings. The maximum Gasteiger partial charge on any atom is 0.223 e. The number of halogens is 3. The van der Waals surface area contributed by atoms with Crippen molar-refractivity contribution in [1.82, 2.24) is 10.3 Å². The van der Waals surface area contributed by atoms with E-state index in [2.05, 4.69) is 26.2 Å². The van der Waals surface area contributed by atoms with Crippen molar-refractivity contribution in [3.63, 3.8) is 0 Å². The van der Waals surface area contributed by atoms with E-state index in [9.17, 15) is 0 Å². The highest BCUT2D eigenvalue weighted by Crippen LogP contribution is 2.33. The van der Waals surface area contributed by atoms with Crippen molar-refractivity contribution >= 4 is 39.1 Å². The molecule has 3 nitrogen and oxygen atoms in total.